The van der Waals surface area contributed by atoms with E-state index in [1.54, 1.807) is 20.8 Å². The molecule has 0 aromatic carbocycles. The molecule has 0 saturated carbocycles. The number of hydrogen-bond acceptors (Lipinski definition) is 1. The van der Waals surface area contributed by atoms with Gasteiger partial charge in [-0.25, -0.2) is 13.0 Å². The summed E-state index contributed by atoms with van der Waals surface area (Å²) in [6.07, 6.45) is -2.22. The van der Waals surface area contributed by atoms with Gasteiger partial charge in [-0.05, 0) is 20.8 Å². The van der Waals surface area contributed by atoms with Crippen molar-refractivity contribution in [3.05, 3.63) is 0 Å². The van der Waals surface area contributed by atoms with E-state index in [1.807, 2.05) is 0 Å². The van der Waals surface area contributed by atoms with Crippen molar-refractivity contribution >= 4 is 17.2 Å². The van der Waals surface area contributed by atoms with Crippen molar-refractivity contribution in [2.45, 2.75) is 31.9 Å². The molecule has 0 bridgehead atoms. The van der Waals surface area contributed by atoms with Crippen molar-refractivity contribution in [3.8, 4) is 0 Å². The molecule has 0 heterocycles. The number of alkyl halides is 2. The Balaban J connectivity index is 4.09. The van der Waals surface area contributed by atoms with Crippen molar-refractivity contribution < 1.29 is 13.0 Å². The van der Waals surface area contributed by atoms with Gasteiger partial charge in [0.15, 0.2) is 0 Å². The Labute approximate surface area is 67.3 Å². The second-order valence-electron chi connectivity index (χ2n) is 2.95. The molecule has 2 nitrogen and oxygen atoms in total. The summed E-state index contributed by atoms with van der Waals surface area (Å²) in [6, 6.07) is 0. The SMILES string of the molecule is CC(C)(C)[S@@](=O)/N=C/C(F)F. The zero-order chi connectivity index (χ0) is 9.07. The lowest BCUT2D eigenvalue weighted by atomic mass is 10.3. The molecule has 66 valence electrons. The Bertz CT molecular complexity index is 174. The molecular formula is C6H11F2NOS. The molecule has 0 aliphatic heterocycles. The fourth-order valence-electron chi connectivity index (χ4n) is 0.259. The van der Waals surface area contributed by atoms with Crippen LogP contribution >= 0.6 is 0 Å². The minimum atomic E-state index is -2.62. The van der Waals surface area contributed by atoms with Crippen LogP contribution in [0.1, 0.15) is 20.8 Å². The smallest absolute Gasteiger partial charge is 0.234 e. The van der Waals surface area contributed by atoms with Gasteiger partial charge in [0.2, 0.25) is 0 Å². The summed E-state index contributed by atoms with van der Waals surface area (Å²) >= 11 is 0. The Morgan fingerprint density at radius 3 is 2.18 bits per heavy atom. The van der Waals surface area contributed by atoms with Gasteiger partial charge in [-0.15, -0.1) is 0 Å². The first-order valence-electron chi connectivity index (χ1n) is 3.08. The molecule has 0 aliphatic rings. The first-order chi connectivity index (χ1) is 4.84. The summed E-state index contributed by atoms with van der Waals surface area (Å²) in [5.41, 5.74) is 0. The van der Waals surface area contributed by atoms with Crippen LogP contribution in [0.25, 0.3) is 0 Å². The molecule has 0 N–H and O–H groups in total. The Kier molecular flexibility index (Phi) is 3.78. The lowest BCUT2D eigenvalue weighted by molar-refractivity contribution is 0.232. The van der Waals surface area contributed by atoms with Crippen molar-refractivity contribution in [2.24, 2.45) is 4.40 Å². The third-order valence-electron chi connectivity index (χ3n) is 0.793. The molecule has 5 heteroatoms. The third-order valence-corrected chi connectivity index (χ3v) is 2.15. The third kappa shape index (κ3) is 5.01. The molecular weight excluding hydrogens is 172 g/mol. The highest BCUT2D eigenvalue weighted by Crippen LogP contribution is 2.11. The number of rotatable bonds is 2. The Hall–Kier alpha value is -0.320. The highest BCUT2D eigenvalue weighted by Gasteiger charge is 2.18. The van der Waals surface area contributed by atoms with Crippen molar-refractivity contribution in [1.29, 1.82) is 0 Å². The highest BCUT2D eigenvalue weighted by molar-refractivity contribution is 7.85. The van der Waals surface area contributed by atoms with Crippen LogP contribution in [0.4, 0.5) is 8.78 Å². The van der Waals surface area contributed by atoms with E-state index in [9.17, 15) is 13.0 Å². The van der Waals surface area contributed by atoms with Crippen molar-refractivity contribution in [2.75, 3.05) is 0 Å². The van der Waals surface area contributed by atoms with Crippen molar-refractivity contribution in [3.63, 3.8) is 0 Å². The van der Waals surface area contributed by atoms with E-state index < -0.39 is 22.2 Å². The number of hydrogen-bond donors (Lipinski definition) is 0. The average molecular weight is 183 g/mol. The number of nitrogens with zero attached hydrogens (tertiary/aromatic N) is 1. The first kappa shape index (κ1) is 10.7. The lowest BCUT2D eigenvalue weighted by Crippen LogP contribution is -2.20. The van der Waals surface area contributed by atoms with E-state index in [2.05, 4.69) is 4.40 Å². The Morgan fingerprint density at radius 1 is 1.45 bits per heavy atom. The van der Waals surface area contributed by atoms with Gasteiger partial charge in [0.1, 0.15) is 11.0 Å². The maximum absolute atomic E-state index is 11.5. The van der Waals surface area contributed by atoms with Crippen LogP contribution in [0.15, 0.2) is 4.40 Å². The molecule has 0 fully saturated rings. The van der Waals surface area contributed by atoms with Crippen LogP contribution in [0.3, 0.4) is 0 Å². The van der Waals surface area contributed by atoms with Crippen LogP contribution in [0.5, 0.6) is 0 Å². The van der Waals surface area contributed by atoms with Crippen LogP contribution in [0.2, 0.25) is 0 Å². The molecule has 0 spiro atoms. The molecule has 0 radical (unpaired) electrons. The molecule has 1 atom stereocenters. The molecule has 0 unspecified atom stereocenters. The van der Waals surface area contributed by atoms with Gasteiger partial charge in [0.05, 0.1) is 11.0 Å². The molecule has 0 saturated heterocycles. The monoisotopic (exact) mass is 183 g/mol. The zero-order valence-corrected chi connectivity index (χ0v) is 7.49. The second-order valence-corrected chi connectivity index (χ2v) is 4.88. The summed E-state index contributed by atoms with van der Waals surface area (Å²) in [7, 11) is -1.57. The maximum Gasteiger partial charge on any atom is 0.274 e. The summed E-state index contributed by atoms with van der Waals surface area (Å²) in [4.78, 5) is 0. The predicted octanol–water partition coefficient (Wildman–Crippen LogP) is 1.78. The first-order valence-corrected chi connectivity index (χ1v) is 4.19. The molecule has 0 amide bonds. The van der Waals surface area contributed by atoms with E-state index in [4.69, 9.17) is 0 Å². The van der Waals surface area contributed by atoms with Gasteiger partial charge in [-0.1, -0.05) is 0 Å². The van der Waals surface area contributed by atoms with E-state index in [1.165, 1.54) is 0 Å². The van der Waals surface area contributed by atoms with Gasteiger partial charge < -0.3 is 0 Å². The van der Waals surface area contributed by atoms with Gasteiger partial charge in [0.25, 0.3) is 6.43 Å². The van der Waals surface area contributed by atoms with Crippen molar-refractivity contribution in [1.82, 2.24) is 0 Å². The fraction of sp³-hybridized carbons (Fsp3) is 0.833. The van der Waals surface area contributed by atoms with E-state index in [-0.39, 0.29) is 0 Å². The maximum atomic E-state index is 11.5. The minimum absolute atomic E-state index is 0.404. The molecule has 0 rings (SSSR count). The standard InChI is InChI=1S/C6H11F2NOS/c1-6(2,3)11(10)9-4-5(7)8/h4-5H,1-3H3/b9-4+/t11-/m1/s1. The van der Waals surface area contributed by atoms with E-state index in [0.717, 1.165) is 0 Å². The van der Waals surface area contributed by atoms with Crippen LogP contribution in [-0.4, -0.2) is 21.6 Å². The molecule has 0 aromatic heterocycles. The summed E-state index contributed by atoms with van der Waals surface area (Å²) in [5, 5.41) is 0. The summed E-state index contributed by atoms with van der Waals surface area (Å²) in [5.74, 6) is 0. The fourth-order valence-corrected chi connectivity index (χ4v) is 0.778. The normalized spacial score (nSPS) is 16.2. The largest absolute Gasteiger partial charge is 0.274 e. The van der Waals surface area contributed by atoms with E-state index >= 15 is 0 Å². The Morgan fingerprint density at radius 2 is 1.91 bits per heavy atom. The molecule has 11 heavy (non-hydrogen) atoms. The van der Waals surface area contributed by atoms with Gasteiger partial charge >= 0.3 is 0 Å². The number of halogens is 2. The highest BCUT2D eigenvalue weighted by atomic mass is 32.2. The van der Waals surface area contributed by atoms with Crippen LogP contribution < -0.4 is 0 Å². The zero-order valence-electron chi connectivity index (χ0n) is 6.67. The summed E-state index contributed by atoms with van der Waals surface area (Å²) in [6.45, 7) is 5.02. The molecule has 0 aromatic rings. The van der Waals surface area contributed by atoms with Gasteiger partial charge in [-0.2, -0.15) is 4.40 Å². The second kappa shape index (κ2) is 3.90. The topological polar surface area (TPSA) is 29.4 Å². The summed E-state index contributed by atoms with van der Waals surface area (Å²) < 4.78 is 36.6. The molecule has 0 aliphatic carbocycles. The van der Waals surface area contributed by atoms with Crippen LogP contribution in [-0.2, 0) is 11.0 Å². The quantitative estimate of drug-likeness (QED) is 0.600. The van der Waals surface area contributed by atoms with Gasteiger partial charge in [-0.3, -0.25) is 0 Å². The van der Waals surface area contributed by atoms with E-state index in [0.29, 0.717) is 6.21 Å². The van der Waals surface area contributed by atoms with Crippen LogP contribution in [0, 0.1) is 0 Å². The average Bonchev–Trinajstić information content (AvgIpc) is 1.80. The van der Waals surface area contributed by atoms with Gasteiger partial charge in [0, 0.05) is 0 Å². The minimum Gasteiger partial charge on any atom is -0.234 e. The lowest BCUT2D eigenvalue weighted by Gasteiger charge is -2.12. The predicted molar refractivity (Wildman–Crippen MR) is 42.4 cm³/mol.